The average Bonchev–Trinajstić information content (AvgIpc) is 2.51. The molecular formula is C15H17NO6. The van der Waals surface area contributed by atoms with Crippen LogP contribution in [0.2, 0.25) is 0 Å². The maximum atomic E-state index is 12.2. The van der Waals surface area contributed by atoms with Crippen LogP contribution in [-0.2, 0) is 23.9 Å². The first-order valence-electron chi connectivity index (χ1n) is 6.94. The molecule has 1 N–H and O–H groups in total. The lowest BCUT2D eigenvalue weighted by molar-refractivity contribution is -0.186. The number of nitrogens with one attached hydrogen (secondary N) is 1. The summed E-state index contributed by atoms with van der Waals surface area (Å²) in [6.45, 7) is 3.33. The third-order valence-electron chi connectivity index (χ3n) is 3.14. The van der Waals surface area contributed by atoms with Gasteiger partial charge in [-0.2, -0.15) is 0 Å². The van der Waals surface area contributed by atoms with Crippen LogP contribution < -0.4 is 10.1 Å². The summed E-state index contributed by atoms with van der Waals surface area (Å²) < 4.78 is 15.3. The standard InChI is InChI=1S/C15H17NO6/c1-3-20-13(18)15(14(19)21-4-2)11(12(17)16-15)22-10-8-6-5-7-9-10/h5-9,11H,3-4H2,1-2H3,(H,16,17). The fraction of sp³-hybridized carbons (Fsp3) is 0.400. The third-order valence-corrected chi connectivity index (χ3v) is 3.14. The van der Waals surface area contributed by atoms with Crippen molar-refractivity contribution in [2.45, 2.75) is 25.5 Å². The van der Waals surface area contributed by atoms with E-state index in [1.165, 1.54) is 0 Å². The number of rotatable bonds is 6. The van der Waals surface area contributed by atoms with E-state index >= 15 is 0 Å². The molecule has 1 unspecified atom stereocenters. The van der Waals surface area contributed by atoms with Gasteiger partial charge >= 0.3 is 11.9 Å². The Bertz CT molecular complexity index is 553. The second kappa shape index (κ2) is 6.46. The van der Waals surface area contributed by atoms with Crippen molar-refractivity contribution in [3.05, 3.63) is 30.3 Å². The maximum absolute atomic E-state index is 12.2. The van der Waals surface area contributed by atoms with Gasteiger partial charge in [-0.15, -0.1) is 0 Å². The zero-order valence-electron chi connectivity index (χ0n) is 12.3. The molecule has 0 saturated carbocycles. The molecule has 1 saturated heterocycles. The summed E-state index contributed by atoms with van der Waals surface area (Å²) in [5, 5.41) is 2.28. The Hall–Kier alpha value is -2.57. The van der Waals surface area contributed by atoms with Crippen molar-refractivity contribution in [2.75, 3.05) is 13.2 Å². The minimum absolute atomic E-state index is 0.0634. The zero-order valence-corrected chi connectivity index (χ0v) is 12.3. The van der Waals surface area contributed by atoms with Gasteiger partial charge < -0.3 is 19.5 Å². The number of amides is 1. The molecule has 1 heterocycles. The number of carbonyl (C=O) groups excluding carboxylic acids is 3. The molecule has 0 spiro atoms. The van der Waals surface area contributed by atoms with Gasteiger partial charge in [0.1, 0.15) is 5.75 Å². The molecule has 1 atom stereocenters. The van der Waals surface area contributed by atoms with E-state index < -0.39 is 29.5 Å². The molecule has 0 bridgehead atoms. The van der Waals surface area contributed by atoms with Crippen molar-refractivity contribution in [3.63, 3.8) is 0 Å². The van der Waals surface area contributed by atoms with Gasteiger partial charge in [0, 0.05) is 0 Å². The van der Waals surface area contributed by atoms with E-state index in [0.29, 0.717) is 5.75 Å². The Kier molecular flexibility index (Phi) is 4.65. The Labute approximate surface area is 127 Å². The number of carbonyl (C=O) groups is 3. The zero-order chi connectivity index (χ0) is 16.2. The van der Waals surface area contributed by atoms with E-state index in [1.54, 1.807) is 44.2 Å². The molecule has 0 aromatic heterocycles. The highest BCUT2D eigenvalue weighted by molar-refractivity contribution is 6.18. The van der Waals surface area contributed by atoms with Crippen molar-refractivity contribution < 1.29 is 28.6 Å². The summed E-state index contributed by atoms with van der Waals surface area (Å²) in [6.07, 6.45) is -1.33. The van der Waals surface area contributed by atoms with Crippen LogP contribution in [0.15, 0.2) is 30.3 Å². The van der Waals surface area contributed by atoms with Crippen molar-refractivity contribution in [3.8, 4) is 5.75 Å². The molecule has 2 rings (SSSR count). The fourth-order valence-corrected chi connectivity index (χ4v) is 2.11. The van der Waals surface area contributed by atoms with E-state index in [9.17, 15) is 14.4 Å². The molecule has 22 heavy (non-hydrogen) atoms. The van der Waals surface area contributed by atoms with Gasteiger partial charge in [0.25, 0.3) is 11.4 Å². The predicted octanol–water partition coefficient (Wildman–Crippen LogP) is 0.429. The molecule has 1 aliphatic rings. The van der Waals surface area contributed by atoms with Gasteiger partial charge in [0.05, 0.1) is 13.2 Å². The molecule has 7 heteroatoms. The lowest BCUT2D eigenvalue weighted by Crippen LogP contribution is -2.82. The minimum atomic E-state index is -1.96. The Morgan fingerprint density at radius 3 is 2.09 bits per heavy atom. The van der Waals surface area contributed by atoms with Crippen molar-refractivity contribution in [2.24, 2.45) is 0 Å². The normalized spacial score (nSPS) is 18.6. The van der Waals surface area contributed by atoms with Crippen molar-refractivity contribution >= 4 is 17.8 Å². The number of ether oxygens (including phenoxy) is 3. The molecule has 1 aromatic carbocycles. The molecule has 1 fully saturated rings. The van der Waals surface area contributed by atoms with Crippen molar-refractivity contribution in [1.82, 2.24) is 5.32 Å². The number of benzene rings is 1. The molecule has 1 aromatic rings. The van der Waals surface area contributed by atoms with Gasteiger partial charge in [-0.05, 0) is 26.0 Å². The first-order chi connectivity index (χ1) is 10.6. The van der Waals surface area contributed by atoms with Crippen LogP contribution in [0.3, 0.4) is 0 Å². The highest BCUT2D eigenvalue weighted by Crippen LogP contribution is 2.29. The average molecular weight is 307 g/mol. The number of esters is 2. The van der Waals surface area contributed by atoms with Gasteiger partial charge in [-0.3, -0.25) is 4.79 Å². The van der Waals surface area contributed by atoms with Crippen LogP contribution in [-0.4, -0.2) is 42.7 Å². The summed E-state index contributed by atoms with van der Waals surface area (Å²) in [7, 11) is 0. The summed E-state index contributed by atoms with van der Waals surface area (Å²) in [5.41, 5.74) is -1.96. The molecular weight excluding hydrogens is 290 g/mol. The number of β-lactam (4-membered cyclic amide) rings is 1. The Balaban J connectivity index is 2.29. The molecule has 1 aliphatic heterocycles. The largest absolute Gasteiger partial charge is 0.477 e. The second-order valence-corrected chi connectivity index (χ2v) is 4.55. The van der Waals surface area contributed by atoms with Gasteiger partial charge in [-0.1, -0.05) is 18.2 Å². The van der Waals surface area contributed by atoms with Crippen LogP contribution in [0.4, 0.5) is 0 Å². The van der Waals surface area contributed by atoms with E-state index in [2.05, 4.69) is 5.32 Å². The van der Waals surface area contributed by atoms with E-state index in [-0.39, 0.29) is 13.2 Å². The lowest BCUT2D eigenvalue weighted by Gasteiger charge is -2.43. The highest BCUT2D eigenvalue weighted by atomic mass is 16.6. The Morgan fingerprint density at radius 1 is 1.09 bits per heavy atom. The summed E-state index contributed by atoms with van der Waals surface area (Å²) in [5.74, 6) is -2.01. The number of para-hydroxylation sites is 1. The topological polar surface area (TPSA) is 90.9 Å². The van der Waals surface area contributed by atoms with Crippen LogP contribution >= 0.6 is 0 Å². The summed E-state index contributed by atoms with van der Waals surface area (Å²) in [4.78, 5) is 36.2. The smallest absolute Gasteiger partial charge is 0.348 e. The molecule has 7 nitrogen and oxygen atoms in total. The minimum Gasteiger partial charge on any atom is -0.477 e. The van der Waals surface area contributed by atoms with Crippen LogP contribution in [0, 0.1) is 0 Å². The number of hydrogen-bond donors (Lipinski definition) is 1. The third kappa shape index (κ3) is 2.61. The summed E-state index contributed by atoms with van der Waals surface area (Å²) >= 11 is 0. The van der Waals surface area contributed by atoms with Crippen molar-refractivity contribution in [1.29, 1.82) is 0 Å². The maximum Gasteiger partial charge on any atom is 0.348 e. The lowest BCUT2D eigenvalue weighted by atomic mass is 9.83. The van der Waals surface area contributed by atoms with Gasteiger partial charge in [0.2, 0.25) is 6.10 Å². The van der Waals surface area contributed by atoms with Crippen LogP contribution in [0.25, 0.3) is 0 Å². The summed E-state index contributed by atoms with van der Waals surface area (Å²) in [6, 6.07) is 8.43. The van der Waals surface area contributed by atoms with Gasteiger partial charge in [-0.25, -0.2) is 9.59 Å². The molecule has 0 radical (unpaired) electrons. The predicted molar refractivity (Wildman–Crippen MR) is 75.0 cm³/mol. The fourth-order valence-electron chi connectivity index (χ4n) is 2.11. The van der Waals surface area contributed by atoms with Gasteiger partial charge in [0.15, 0.2) is 0 Å². The van der Waals surface area contributed by atoms with E-state index in [4.69, 9.17) is 14.2 Å². The van der Waals surface area contributed by atoms with Crippen LogP contribution in [0.1, 0.15) is 13.8 Å². The monoisotopic (exact) mass is 307 g/mol. The quantitative estimate of drug-likeness (QED) is 0.465. The van der Waals surface area contributed by atoms with E-state index in [1.807, 2.05) is 0 Å². The second-order valence-electron chi connectivity index (χ2n) is 4.55. The Morgan fingerprint density at radius 2 is 1.64 bits per heavy atom. The number of hydrogen-bond acceptors (Lipinski definition) is 6. The highest BCUT2D eigenvalue weighted by Gasteiger charge is 2.68. The first kappa shape index (κ1) is 15.8. The first-order valence-corrected chi connectivity index (χ1v) is 6.94. The molecule has 0 aliphatic carbocycles. The molecule has 118 valence electrons. The van der Waals surface area contributed by atoms with Crippen LogP contribution in [0.5, 0.6) is 5.75 Å². The SMILES string of the molecule is CCOC(=O)C1(C(=O)OCC)NC(=O)C1Oc1ccccc1. The molecule has 1 amide bonds. The van der Waals surface area contributed by atoms with E-state index in [0.717, 1.165) is 0 Å².